The summed E-state index contributed by atoms with van der Waals surface area (Å²) in [6.45, 7) is 11.7. The summed E-state index contributed by atoms with van der Waals surface area (Å²) in [6.07, 6.45) is -4.26. The minimum Gasteiger partial charge on any atom is -0.444 e. The van der Waals surface area contributed by atoms with E-state index in [9.17, 15) is 22.8 Å². The van der Waals surface area contributed by atoms with Crippen molar-refractivity contribution < 1.29 is 27.5 Å². The van der Waals surface area contributed by atoms with Crippen molar-refractivity contribution in [3.8, 4) is 0 Å². The molecule has 0 aromatic heterocycles. The fourth-order valence-corrected chi connectivity index (χ4v) is 4.92. The molecule has 39 heavy (non-hydrogen) atoms. The highest BCUT2D eigenvalue weighted by atomic mass is 127. The molecule has 1 saturated heterocycles. The first-order chi connectivity index (χ1) is 18.2. The van der Waals surface area contributed by atoms with E-state index in [1.165, 1.54) is 6.07 Å². The van der Waals surface area contributed by atoms with Crippen LogP contribution in [0.4, 0.5) is 18.0 Å². The summed E-state index contributed by atoms with van der Waals surface area (Å²) in [4.78, 5) is 28.7. The molecule has 0 unspecified atom stereocenters. The van der Waals surface area contributed by atoms with E-state index < -0.39 is 23.4 Å². The van der Waals surface area contributed by atoms with Gasteiger partial charge in [0.15, 0.2) is 5.78 Å². The predicted molar refractivity (Wildman–Crippen MR) is 154 cm³/mol. The molecule has 0 saturated carbocycles. The van der Waals surface area contributed by atoms with Crippen molar-refractivity contribution in [2.45, 2.75) is 58.9 Å². The number of ketones is 1. The number of amides is 1. The van der Waals surface area contributed by atoms with Crippen LogP contribution in [0.2, 0.25) is 0 Å². The molecular formula is C29H37F3IN3O3. The van der Waals surface area contributed by atoms with Crippen molar-refractivity contribution in [2.24, 2.45) is 0 Å². The zero-order valence-corrected chi connectivity index (χ0v) is 25.1. The monoisotopic (exact) mass is 659 g/mol. The third-order valence-electron chi connectivity index (χ3n) is 6.52. The summed E-state index contributed by atoms with van der Waals surface area (Å²) in [5, 5.41) is 2.74. The number of aryl methyl sites for hydroxylation is 1. The van der Waals surface area contributed by atoms with Crippen LogP contribution in [0.1, 0.15) is 59.8 Å². The Kier molecular flexibility index (Phi) is 10.8. The molecule has 1 aliphatic rings. The van der Waals surface area contributed by atoms with E-state index in [1.807, 2.05) is 38.7 Å². The Labute approximate surface area is 242 Å². The van der Waals surface area contributed by atoms with Gasteiger partial charge in [-0.15, -0.1) is 0 Å². The number of alkyl carbamates (subject to hydrolysis) is 1. The number of ether oxygens (including phenoxy) is 1. The Morgan fingerprint density at radius 1 is 1.00 bits per heavy atom. The van der Waals surface area contributed by atoms with E-state index in [2.05, 4.69) is 32.8 Å². The summed E-state index contributed by atoms with van der Waals surface area (Å²) >= 11 is 2.15. The normalized spacial score (nSPS) is 15.3. The lowest BCUT2D eigenvalue weighted by Crippen LogP contribution is -2.46. The van der Waals surface area contributed by atoms with Crippen LogP contribution in [-0.4, -0.2) is 66.5 Å². The van der Waals surface area contributed by atoms with E-state index in [-0.39, 0.29) is 24.3 Å². The molecule has 0 spiro atoms. The maximum Gasteiger partial charge on any atom is 0.416 e. The van der Waals surface area contributed by atoms with Crippen LogP contribution in [0.25, 0.3) is 0 Å². The number of carbonyl (C=O) groups is 2. The maximum atomic E-state index is 14.0. The number of rotatable bonds is 9. The van der Waals surface area contributed by atoms with Crippen LogP contribution in [0.5, 0.6) is 0 Å². The predicted octanol–water partition coefficient (Wildman–Crippen LogP) is 6.08. The number of piperazine rings is 1. The molecule has 10 heteroatoms. The zero-order chi connectivity index (χ0) is 28.8. The molecule has 0 bridgehead atoms. The van der Waals surface area contributed by atoms with E-state index in [1.54, 1.807) is 18.2 Å². The standard InChI is InChI=1S/C29H37F3IN3O3/c1-20-6-8-22(18-25(20)33)26(37)17-21-7-9-23(24(16-21)29(30,31)32)19-36-14-12-35(13-15-36)11-5-10-34-27(38)39-28(2,3)4/h6-9,16,18H,5,10-15,17,19H2,1-4H3,(H,34,38). The molecule has 3 rings (SSSR count). The molecule has 6 nitrogen and oxygen atoms in total. The molecule has 1 N–H and O–H groups in total. The summed E-state index contributed by atoms with van der Waals surface area (Å²) in [5.41, 5.74) is 0.912. The Bertz CT molecular complexity index is 1160. The van der Waals surface area contributed by atoms with Crippen LogP contribution in [0.3, 0.4) is 0 Å². The lowest BCUT2D eigenvalue weighted by Gasteiger charge is -2.35. The number of hydrogen-bond acceptors (Lipinski definition) is 5. The van der Waals surface area contributed by atoms with Gasteiger partial charge in [-0.3, -0.25) is 9.69 Å². The summed E-state index contributed by atoms with van der Waals surface area (Å²) in [6, 6.07) is 9.61. The fraction of sp³-hybridized carbons (Fsp3) is 0.517. The van der Waals surface area contributed by atoms with Gasteiger partial charge in [-0.25, -0.2) is 4.79 Å². The number of alkyl halides is 3. The number of nitrogens with one attached hydrogen (secondary N) is 1. The summed E-state index contributed by atoms with van der Waals surface area (Å²) < 4.78 is 48.1. The second kappa shape index (κ2) is 13.5. The quantitative estimate of drug-likeness (QED) is 0.201. The van der Waals surface area contributed by atoms with E-state index in [4.69, 9.17) is 4.74 Å². The highest BCUT2D eigenvalue weighted by molar-refractivity contribution is 14.1. The summed E-state index contributed by atoms with van der Waals surface area (Å²) in [7, 11) is 0. The Balaban J connectivity index is 1.52. The number of Topliss-reactive ketones (excluding diaryl/α,β-unsaturated/α-hetero) is 1. The molecule has 0 atom stereocenters. The van der Waals surface area contributed by atoms with Crippen LogP contribution >= 0.6 is 22.6 Å². The number of nitrogens with zero attached hydrogens (tertiary/aromatic N) is 2. The lowest BCUT2D eigenvalue weighted by molar-refractivity contribution is -0.138. The minimum absolute atomic E-state index is 0.0794. The average Bonchev–Trinajstić information content (AvgIpc) is 2.83. The Morgan fingerprint density at radius 2 is 1.67 bits per heavy atom. The molecule has 1 aliphatic heterocycles. The van der Waals surface area contributed by atoms with Gasteiger partial charge in [0.05, 0.1) is 5.56 Å². The fourth-order valence-electron chi connectivity index (χ4n) is 4.41. The lowest BCUT2D eigenvalue weighted by atomic mass is 9.97. The molecule has 1 heterocycles. The van der Waals surface area contributed by atoms with E-state index >= 15 is 0 Å². The van der Waals surface area contributed by atoms with E-state index in [0.717, 1.165) is 41.3 Å². The highest BCUT2D eigenvalue weighted by Crippen LogP contribution is 2.34. The number of hydrogen-bond donors (Lipinski definition) is 1. The van der Waals surface area contributed by atoms with Crippen molar-refractivity contribution in [3.05, 3.63) is 67.8 Å². The van der Waals surface area contributed by atoms with Gasteiger partial charge < -0.3 is 15.0 Å². The molecule has 1 amide bonds. The second-order valence-corrected chi connectivity index (χ2v) is 12.1. The van der Waals surface area contributed by atoms with Crippen molar-refractivity contribution in [1.29, 1.82) is 0 Å². The second-order valence-electron chi connectivity index (χ2n) is 11.0. The highest BCUT2D eigenvalue weighted by Gasteiger charge is 2.34. The van der Waals surface area contributed by atoms with Gasteiger partial charge in [-0.2, -0.15) is 13.2 Å². The molecule has 2 aromatic carbocycles. The maximum absolute atomic E-state index is 14.0. The third kappa shape index (κ3) is 10.1. The SMILES string of the molecule is Cc1ccc(C(=O)Cc2ccc(CN3CCN(CCCNC(=O)OC(C)(C)C)CC3)c(C(F)(F)F)c2)cc1I. The summed E-state index contributed by atoms with van der Waals surface area (Å²) in [5.74, 6) is -0.203. The van der Waals surface area contributed by atoms with Gasteiger partial charge in [0.25, 0.3) is 0 Å². The molecule has 0 aliphatic carbocycles. The Hall–Kier alpha value is -2.18. The van der Waals surface area contributed by atoms with Crippen LogP contribution < -0.4 is 5.32 Å². The first-order valence-corrected chi connectivity index (χ1v) is 14.2. The van der Waals surface area contributed by atoms with Crippen molar-refractivity contribution in [1.82, 2.24) is 15.1 Å². The van der Waals surface area contributed by atoms with Gasteiger partial charge >= 0.3 is 12.3 Å². The topological polar surface area (TPSA) is 61.9 Å². The van der Waals surface area contributed by atoms with Crippen LogP contribution in [-0.2, 0) is 23.9 Å². The first-order valence-electron chi connectivity index (χ1n) is 13.1. The smallest absolute Gasteiger partial charge is 0.416 e. The van der Waals surface area contributed by atoms with Crippen LogP contribution in [0.15, 0.2) is 36.4 Å². The van der Waals surface area contributed by atoms with Crippen molar-refractivity contribution >= 4 is 34.5 Å². The minimum atomic E-state index is -4.50. The molecular weight excluding hydrogens is 622 g/mol. The van der Waals surface area contributed by atoms with Gasteiger partial charge in [0.2, 0.25) is 0 Å². The number of benzene rings is 2. The Morgan fingerprint density at radius 3 is 2.28 bits per heavy atom. The van der Waals surface area contributed by atoms with Crippen LogP contribution in [0, 0.1) is 10.5 Å². The van der Waals surface area contributed by atoms with Crippen molar-refractivity contribution in [3.63, 3.8) is 0 Å². The molecule has 214 valence electrons. The van der Waals surface area contributed by atoms with Gasteiger partial charge in [0, 0.05) is 54.8 Å². The number of halogens is 4. The largest absolute Gasteiger partial charge is 0.444 e. The zero-order valence-electron chi connectivity index (χ0n) is 23.0. The molecule has 2 aromatic rings. The molecule has 0 radical (unpaired) electrons. The molecule has 1 fully saturated rings. The average molecular weight is 660 g/mol. The first kappa shape index (κ1) is 31.3. The van der Waals surface area contributed by atoms with E-state index in [0.29, 0.717) is 30.8 Å². The number of carbonyl (C=O) groups excluding carboxylic acids is 2. The van der Waals surface area contributed by atoms with Crippen molar-refractivity contribution in [2.75, 3.05) is 39.3 Å². The van der Waals surface area contributed by atoms with Gasteiger partial charge in [-0.05, 0) is 92.1 Å². The van der Waals surface area contributed by atoms with Gasteiger partial charge in [0.1, 0.15) is 5.60 Å². The van der Waals surface area contributed by atoms with Gasteiger partial charge in [-0.1, -0.05) is 24.3 Å². The third-order valence-corrected chi connectivity index (χ3v) is 7.68.